The van der Waals surface area contributed by atoms with Crippen molar-refractivity contribution in [2.75, 3.05) is 18.4 Å². The number of anilines is 1. The number of benzene rings is 1. The summed E-state index contributed by atoms with van der Waals surface area (Å²) >= 11 is 0. The predicted octanol–water partition coefficient (Wildman–Crippen LogP) is 3.30. The summed E-state index contributed by atoms with van der Waals surface area (Å²) in [5.74, 6) is -1.49. The maximum absolute atomic E-state index is 13.7. The monoisotopic (exact) mass is 334 g/mol. The van der Waals surface area contributed by atoms with E-state index in [1.807, 2.05) is 0 Å². The molecule has 0 spiro atoms. The third-order valence-electron chi connectivity index (χ3n) is 3.97. The first-order chi connectivity index (χ1) is 10.7. The molecule has 23 heavy (non-hydrogen) atoms. The minimum Gasteiger partial charge on any atom is -0.383 e. The summed E-state index contributed by atoms with van der Waals surface area (Å²) < 4.78 is 51.1. The number of amides is 2. The number of alkyl halides is 3. The van der Waals surface area contributed by atoms with Crippen LogP contribution in [0.25, 0.3) is 0 Å². The third kappa shape index (κ3) is 4.34. The standard InChI is InChI=1S/C15H18F4N2O2/c1-9-2-3-12(11(16)8-9)20-14(23)21-6-4-10(5-7-21)13(22)15(17,18)19/h2-3,8,10,13,22H,4-7H2,1H3,(H,20,23). The van der Waals surface area contributed by atoms with E-state index in [2.05, 4.69) is 5.32 Å². The van der Waals surface area contributed by atoms with Crippen molar-refractivity contribution >= 4 is 11.7 Å². The Morgan fingerprint density at radius 2 is 1.96 bits per heavy atom. The van der Waals surface area contributed by atoms with Gasteiger partial charge in [0.2, 0.25) is 0 Å². The third-order valence-corrected chi connectivity index (χ3v) is 3.97. The fourth-order valence-corrected chi connectivity index (χ4v) is 2.60. The van der Waals surface area contributed by atoms with E-state index in [9.17, 15) is 27.5 Å². The zero-order valence-corrected chi connectivity index (χ0v) is 12.5. The average Bonchev–Trinajstić information content (AvgIpc) is 2.48. The summed E-state index contributed by atoms with van der Waals surface area (Å²) in [4.78, 5) is 13.4. The molecule has 1 fully saturated rings. The molecular formula is C15H18F4N2O2. The molecule has 1 aromatic carbocycles. The van der Waals surface area contributed by atoms with Gasteiger partial charge in [0, 0.05) is 13.1 Å². The molecule has 0 bridgehead atoms. The molecule has 1 unspecified atom stereocenters. The van der Waals surface area contributed by atoms with Crippen molar-refractivity contribution < 1.29 is 27.5 Å². The Morgan fingerprint density at radius 3 is 2.48 bits per heavy atom. The van der Waals surface area contributed by atoms with Crippen LogP contribution < -0.4 is 5.32 Å². The van der Waals surface area contributed by atoms with Gasteiger partial charge >= 0.3 is 12.2 Å². The van der Waals surface area contributed by atoms with E-state index in [-0.39, 0.29) is 31.6 Å². The first-order valence-corrected chi connectivity index (χ1v) is 7.25. The van der Waals surface area contributed by atoms with Crippen LogP contribution in [0.4, 0.5) is 28.0 Å². The van der Waals surface area contributed by atoms with Gasteiger partial charge in [-0.15, -0.1) is 0 Å². The second-order valence-corrected chi connectivity index (χ2v) is 5.72. The number of hydrogen-bond donors (Lipinski definition) is 2. The molecule has 0 radical (unpaired) electrons. The lowest BCUT2D eigenvalue weighted by Crippen LogP contribution is -2.46. The molecule has 1 heterocycles. The first kappa shape index (κ1) is 17.5. The molecule has 0 aromatic heterocycles. The molecule has 2 amide bonds. The molecule has 1 aliphatic heterocycles. The van der Waals surface area contributed by atoms with Gasteiger partial charge in [0.15, 0.2) is 6.10 Å². The maximum atomic E-state index is 13.7. The minimum atomic E-state index is -4.65. The summed E-state index contributed by atoms with van der Waals surface area (Å²) in [5, 5.41) is 11.6. The van der Waals surface area contributed by atoms with Crippen molar-refractivity contribution in [3.05, 3.63) is 29.6 Å². The lowest BCUT2D eigenvalue weighted by Gasteiger charge is -2.34. The molecule has 1 atom stereocenters. The van der Waals surface area contributed by atoms with Crippen LogP contribution in [-0.4, -0.2) is 41.4 Å². The van der Waals surface area contributed by atoms with Gasteiger partial charge in [-0.25, -0.2) is 9.18 Å². The number of urea groups is 1. The van der Waals surface area contributed by atoms with Gasteiger partial charge in [0.1, 0.15) is 5.82 Å². The molecule has 2 rings (SSSR count). The Hall–Kier alpha value is -1.83. The van der Waals surface area contributed by atoms with Crippen molar-refractivity contribution in [2.24, 2.45) is 5.92 Å². The molecule has 0 aliphatic carbocycles. The van der Waals surface area contributed by atoms with Crippen LogP contribution in [-0.2, 0) is 0 Å². The van der Waals surface area contributed by atoms with Crippen LogP contribution in [0.2, 0.25) is 0 Å². The van der Waals surface area contributed by atoms with E-state index in [4.69, 9.17) is 0 Å². The van der Waals surface area contributed by atoms with Gasteiger partial charge in [-0.3, -0.25) is 0 Å². The van der Waals surface area contributed by atoms with Gasteiger partial charge in [-0.1, -0.05) is 6.07 Å². The molecule has 1 aliphatic rings. The highest BCUT2D eigenvalue weighted by Gasteiger charge is 2.44. The Bertz CT molecular complexity index is 569. The number of halogens is 4. The van der Waals surface area contributed by atoms with Crippen molar-refractivity contribution in [3.8, 4) is 0 Å². The van der Waals surface area contributed by atoms with Gasteiger partial charge in [-0.2, -0.15) is 13.2 Å². The highest BCUT2D eigenvalue weighted by atomic mass is 19.4. The SMILES string of the molecule is Cc1ccc(NC(=O)N2CCC(C(O)C(F)(F)F)CC2)c(F)c1. The van der Waals surface area contributed by atoms with Gasteiger partial charge in [-0.05, 0) is 43.4 Å². The maximum Gasteiger partial charge on any atom is 0.414 e. The number of hydrogen-bond acceptors (Lipinski definition) is 2. The fourth-order valence-electron chi connectivity index (χ4n) is 2.60. The second-order valence-electron chi connectivity index (χ2n) is 5.72. The largest absolute Gasteiger partial charge is 0.414 e. The summed E-state index contributed by atoms with van der Waals surface area (Å²) in [6.45, 7) is 1.87. The van der Waals surface area contributed by atoms with Crippen LogP contribution in [0.3, 0.4) is 0 Å². The molecule has 0 saturated carbocycles. The molecule has 2 N–H and O–H groups in total. The number of likely N-dealkylation sites (tertiary alicyclic amines) is 1. The van der Waals surface area contributed by atoms with E-state index >= 15 is 0 Å². The number of rotatable bonds is 2. The minimum absolute atomic E-state index is 0.0260. The first-order valence-electron chi connectivity index (χ1n) is 7.25. The number of aliphatic hydroxyl groups excluding tert-OH is 1. The lowest BCUT2D eigenvalue weighted by atomic mass is 9.91. The molecular weight excluding hydrogens is 316 g/mol. The zero-order valence-electron chi connectivity index (χ0n) is 12.5. The Balaban J connectivity index is 1.91. The van der Waals surface area contributed by atoms with Crippen LogP contribution in [0.5, 0.6) is 0 Å². The van der Waals surface area contributed by atoms with Gasteiger partial charge in [0.25, 0.3) is 0 Å². The summed E-state index contributed by atoms with van der Waals surface area (Å²) in [5.41, 5.74) is 0.737. The smallest absolute Gasteiger partial charge is 0.383 e. The number of carbonyl (C=O) groups is 1. The number of nitrogens with one attached hydrogen (secondary N) is 1. The van der Waals surface area contributed by atoms with E-state index in [1.54, 1.807) is 13.0 Å². The van der Waals surface area contributed by atoms with Gasteiger partial charge < -0.3 is 15.3 Å². The summed E-state index contributed by atoms with van der Waals surface area (Å²) in [6.07, 6.45) is -6.93. The number of carbonyl (C=O) groups excluding carboxylic acids is 1. The number of aryl methyl sites for hydroxylation is 1. The number of aliphatic hydroxyl groups is 1. The highest BCUT2D eigenvalue weighted by molar-refractivity contribution is 5.89. The van der Waals surface area contributed by atoms with Crippen molar-refractivity contribution in [2.45, 2.75) is 32.0 Å². The fraction of sp³-hybridized carbons (Fsp3) is 0.533. The van der Waals surface area contributed by atoms with E-state index in [1.165, 1.54) is 17.0 Å². The molecule has 4 nitrogen and oxygen atoms in total. The van der Waals surface area contributed by atoms with E-state index < -0.39 is 30.0 Å². The molecule has 8 heteroatoms. The predicted molar refractivity (Wildman–Crippen MR) is 76.5 cm³/mol. The Morgan fingerprint density at radius 1 is 1.35 bits per heavy atom. The van der Waals surface area contributed by atoms with Crippen molar-refractivity contribution in [1.29, 1.82) is 0 Å². The average molecular weight is 334 g/mol. The van der Waals surface area contributed by atoms with Crippen LogP contribution in [0, 0.1) is 18.7 Å². The Kier molecular flexibility index (Phi) is 5.13. The topological polar surface area (TPSA) is 52.6 Å². The highest BCUT2D eigenvalue weighted by Crippen LogP contribution is 2.31. The van der Waals surface area contributed by atoms with Crippen molar-refractivity contribution in [1.82, 2.24) is 4.90 Å². The number of piperidine rings is 1. The lowest BCUT2D eigenvalue weighted by molar-refractivity contribution is -0.222. The molecule has 1 aromatic rings. The quantitative estimate of drug-likeness (QED) is 0.816. The second kappa shape index (κ2) is 6.74. The van der Waals surface area contributed by atoms with Crippen LogP contribution in [0.1, 0.15) is 18.4 Å². The number of nitrogens with zero attached hydrogens (tertiary/aromatic N) is 1. The van der Waals surface area contributed by atoms with E-state index in [0.29, 0.717) is 5.56 Å². The molecule has 1 saturated heterocycles. The summed E-state index contributed by atoms with van der Waals surface area (Å²) in [7, 11) is 0. The summed E-state index contributed by atoms with van der Waals surface area (Å²) in [6, 6.07) is 3.79. The van der Waals surface area contributed by atoms with Crippen LogP contribution in [0.15, 0.2) is 18.2 Å². The van der Waals surface area contributed by atoms with Crippen LogP contribution >= 0.6 is 0 Å². The Labute approximate surface area is 131 Å². The van der Waals surface area contributed by atoms with E-state index in [0.717, 1.165) is 0 Å². The zero-order chi connectivity index (χ0) is 17.2. The van der Waals surface area contributed by atoms with Gasteiger partial charge in [0.05, 0.1) is 5.69 Å². The molecule has 128 valence electrons. The van der Waals surface area contributed by atoms with Crippen molar-refractivity contribution in [3.63, 3.8) is 0 Å². The normalized spacial score (nSPS) is 17.9.